The number of benzene rings is 1. The van der Waals surface area contributed by atoms with Crippen molar-refractivity contribution in [3.63, 3.8) is 0 Å². The van der Waals surface area contributed by atoms with Crippen LogP contribution in [0, 0.1) is 11.8 Å². The molecule has 1 atom stereocenters. The number of ether oxygens (including phenoxy) is 1. The number of carbonyl (C=O) groups excluding carboxylic acids is 1. The molecule has 0 aliphatic carbocycles. The van der Waals surface area contributed by atoms with Crippen LogP contribution in [0.4, 0.5) is 0 Å². The Balaban J connectivity index is 1.57. The van der Waals surface area contributed by atoms with Crippen LogP contribution >= 0.6 is 0 Å². The van der Waals surface area contributed by atoms with Crippen LogP contribution in [0.3, 0.4) is 0 Å². The fourth-order valence-electron chi connectivity index (χ4n) is 3.42. The molecule has 1 aromatic carbocycles. The van der Waals surface area contributed by atoms with Gasteiger partial charge in [-0.2, -0.15) is 0 Å². The Labute approximate surface area is 126 Å². The summed E-state index contributed by atoms with van der Waals surface area (Å²) in [6.07, 6.45) is 4.07. The zero-order valence-electron chi connectivity index (χ0n) is 12.5. The topological polar surface area (TPSA) is 55.6 Å². The Hall–Kier alpha value is -1.55. The van der Waals surface area contributed by atoms with Gasteiger partial charge in [-0.3, -0.25) is 4.79 Å². The van der Waals surface area contributed by atoms with Gasteiger partial charge in [0.1, 0.15) is 12.4 Å². The molecule has 4 nitrogen and oxygen atoms in total. The number of nitrogens with zero attached hydrogens (tertiary/aromatic N) is 1. The van der Waals surface area contributed by atoms with E-state index in [9.17, 15) is 4.79 Å². The van der Waals surface area contributed by atoms with Gasteiger partial charge in [0.05, 0.1) is 5.92 Å². The predicted octanol–water partition coefficient (Wildman–Crippen LogP) is 1.83. The maximum absolute atomic E-state index is 12.6. The van der Waals surface area contributed by atoms with Crippen molar-refractivity contribution in [2.75, 3.05) is 26.2 Å². The van der Waals surface area contributed by atoms with Crippen molar-refractivity contribution in [2.24, 2.45) is 17.6 Å². The van der Waals surface area contributed by atoms with Crippen LogP contribution in [-0.2, 0) is 11.2 Å². The molecule has 0 radical (unpaired) electrons. The fourth-order valence-corrected chi connectivity index (χ4v) is 3.42. The number of rotatable bonds is 3. The van der Waals surface area contributed by atoms with E-state index in [0.29, 0.717) is 12.5 Å². The number of likely N-dealkylation sites (tertiary alicyclic amines) is 1. The molecule has 2 heterocycles. The average Bonchev–Trinajstić information content (AvgIpc) is 2.55. The quantitative estimate of drug-likeness (QED) is 0.923. The van der Waals surface area contributed by atoms with Gasteiger partial charge >= 0.3 is 0 Å². The van der Waals surface area contributed by atoms with Crippen molar-refractivity contribution in [3.8, 4) is 5.75 Å². The molecule has 3 rings (SSSR count). The number of amides is 1. The molecule has 2 N–H and O–H groups in total. The van der Waals surface area contributed by atoms with Gasteiger partial charge in [-0.05, 0) is 49.8 Å². The van der Waals surface area contributed by atoms with Crippen molar-refractivity contribution >= 4 is 5.91 Å². The molecule has 114 valence electrons. The van der Waals surface area contributed by atoms with Crippen LogP contribution in [0.2, 0.25) is 0 Å². The molecule has 0 spiro atoms. The summed E-state index contributed by atoms with van der Waals surface area (Å²) in [6, 6.07) is 8.02. The molecular weight excluding hydrogens is 264 g/mol. The van der Waals surface area contributed by atoms with E-state index >= 15 is 0 Å². The standard InChI is InChI=1S/C17H24N2O2/c18-8-5-13-6-9-19(10-7-13)17(20)15-11-14-3-1-2-4-16(14)21-12-15/h1-4,13,15H,5-12,18H2. The summed E-state index contributed by atoms with van der Waals surface area (Å²) in [5.41, 5.74) is 6.77. The van der Waals surface area contributed by atoms with E-state index in [1.165, 1.54) is 0 Å². The second-order valence-corrected chi connectivity index (χ2v) is 6.17. The Morgan fingerprint density at radius 2 is 2.05 bits per heavy atom. The van der Waals surface area contributed by atoms with Crippen LogP contribution in [-0.4, -0.2) is 37.0 Å². The van der Waals surface area contributed by atoms with Gasteiger partial charge in [-0.1, -0.05) is 18.2 Å². The molecule has 2 aliphatic heterocycles. The summed E-state index contributed by atoms with van der Waals surface area (Å²) in [7, 11) is 0. The maximum atomic E-state index is 12.6. The highest BCUT2D eigenvalue weighted by Gasteiger charge is 2.31. The van der Waals surface area contributed by atoms with E-state index in [4.69, 9.17) is 10.5 Å². The summed E-state index contributed by atoms with van der Waals surface area (Å²) in [6.45, 7) is 3.02. The van der Waals surface area contributed by atoms with Gasteiger partial charge < -0.3 is 15.4 Å². The predicted molar refractivity (Wildman–Crippen MR) is 82.1 cm³/mol. The number of para-hydroxylation sites is 1. The monoisotopic (exact) mass is 288 g/mol. The first kappa shape index (κ1) is 14.4. The number of piperidine rings is 1. The second-order valence-electron chi connectivity index (χ2n) is 6.17. The van der Waals surface area contributed by atoms with Crippen LogP contribution in [0.5, 0.6) is 5.75 Å². The third-order valence-corrected chi connectivity index (χ3v) is 4.73. The fraction of sp³-hybridized carbons (Fsp3) is 0.588. The number of hydrogen-bond donors (Lipinski definition) is 1. The largest absolute Gasteiger partial charge is 0.492 e. The Morgan fingerprint density at radius 3 is 2.81 bits per heavy atom. The molecule has 2 aliphatic rings. The number of nitrogens with two attached hydrogens (primary N) is 1. The third-order valence-electron chi connectivity index (χ3n) is 4.73. The maximum Gasteiger partial charge on any atom is 0.229 e. The van der Waals surface area contributed by atoms with Crippen molar-refractivity contribution in [1.29, 1.82) is 0 Å². The van der Waals surface area contributed by atoms with Crippen LogP contribution < -0.4 is 10.5 Å². The minimum absolute atomic E-state index is 0.0223. The van der Waals surface area contributed by atoms with E-state index in [-0.39, 0.29) is 11.8 Å². The van der Waals surface area contributed by atoms with Gasteiger partial charge in [-0.25, -0.2) is 0 Å². The van der Waals surface area contributed by atoms with E-state index in [1.54, 1.807) is 0 Å². The van der Waals surface area contributed by atoms with Gasteiger partial charge in [0.2, 0.25) is 5.91 Å². The minimum Gasteiger partial charge on any atom is -0.492 e. The highest BCUT2D eigenvalue weighted by atomic mass is 16.5. The minimum atomic E-state index is -0.0223. The number of fused-ring (bicyclic) bond motifs is 1. The third kappa shape index (κ3) is 3.21. The zero-order chi connectivity index (χ0) is 14.7. The lowest BCUT2D eigenvalue weighted by atomic mass is 9.91. The summed E-state index contributed by atoms with van der Waals surface area (Å²) in [5, 5.41) is 0. The van der Waals surface area contributed by atoms with Crippen LogP contribution in [0.15, 0.2) is 24.3 Å². The van der Waals surface area contributed by atoms with Gasteiger partial charge in [0, 0.05) is 13.1 Å². The first-order chi connectivity index (χ1) is 10.3. The Kier molecular flexibility index (Phi) is 4.44. The van der Waals surface area contributed by atoms with Crippen molar-refractivity contribution in [3.05, 3.63) is 29.8 Å². The first-order valence-corrected chi connectivity index (χ1v) is 7.97. The normalized spacial score (nSPS) is 22.5. The second kappa shape index (κ2) is 6.48. The molecule has 1 fully saturated rings. The number of carbonyl (C=O) groups is 1. The highest BCUT2D eigenvalue weighted by Crippen LogP contribution is 2.29. The van der Waals surface area contributed by atoms with E-state index in [1.807, 2.05) is 23.1 Å². The summed E-state index contributed by atoms with van der Waals surface area (Å²) in [4.78, 5) is 14.7. The lowest BCUT2D eigenvalue weighted by Crippen LogP contribution is -2.44. The summed E-state index contributed by atoms with van der Waals surface area (Å²) in [5.74, 6) is 1.87. The molecular formula is C17H24N2O2. The highest BCUT2D eigenvalue weighted by molar-refractivity contribution is 5.80. The zero-order valence-corrected chi connectivity index (χ0v) is 12.5. The summed E-state index contributed by atoms with van der Waals surface area (Å²) < 4.78 is 5.74. The lowest BCUT2D eigenvalue weighted by Gasteiger charge is -2.35. The smallest absolute Gasteiger partial charge is 0.229 e. The van der Waals surface area contributed by atoms with E-state index in [0.717, 1.165) is 56.6 Å². The summed E-state index contributed by atoms with van der Waals surface area (Å²) >= 11 is 0. The van der Waals surface area contributed by atoms with E-state index in [2.05, 4.69) is 6.07 Å². The first-order valence-electron chi connectivity index (χ1n) is 7.97. The average molecular weight is 288 g/mol. The SMILES string of the molecule is NCCC1CCN(C(=O)C2COc3ccccc3C2)CC1. The molecule has 0 saturated carbocycles. The van der Waals surface area contributed by atoms with Crippen LogP contribution in [0.1, 0.15) is 24.8 Å². The van der Waals surface area contributed by atoms with Gasteiger partial charge in [0.25, 0.3) is 0 Å². The molecule has 1 saturated heterocycles. The molecule has 1 amide bonds. The van der Waals surface area contributed by atoms with Gasteiger partial charge in [0.15, 0.2) is 0 Å². The molecule has 21 heavy (non-hydrogen) atoms. The van der Waals surface area contributed by atoms with E-state index < -0.39 is 0 Å². The lowest BCUT2D eigenvalue weighted by molar-refractivity contribution is -0.138. The molecule has 1 unspecified atom stereocenters. The Morgan fingerprint density at radius 1 is 1.29 bits per heavy atom. The van der Waals surface area contributed by atoms with Crippen molar-refractivity contribution in [2.45, 2.75) is 25.7 Å². The van der Waals surface area contributed by atoms with Crippen molar-refractivity contribution < 1.29 is 9.53 Å². The van der Waals surface area contributed by atoms with Crippen molar-refractivity contribution in [1.82, 2.24) is 4.90 Å². The number of hydrogen-bond acceptors (Lipinski definition) is 3. The van der Waals surface area contributed by atoms with Crippen LogP contribution in [0.25, 0.3) is 0 Å². The van der Waals surface area contributed by atoms with Gasteiger partial charge in [-0.15, -0.1) is 0 Å². The molecule has 4 heteroatoms. The molecule has 0 aromatic heterocycles. The Bertz CT molecular complexity index is 495. The molecule has 1 aromatic rings. The molecule has 0 bridgehead atoms.